The normalized spacial score (nSPS) is 10.4. The molecule has 134 valence electrons. The van der Waals surface area contributed by atoms with E-state index in [0.717, 1.165) is 17.1 Å². The molecule has 1 amide bonds. The van der Waals surface area contributed by atoms with Crippen molar-refractivity contribution in [3.05, 3.63) is 53.0 Å². The first-order chi connectivity index (χ1) is 12.7. The van der Waals surface area contributed by atoms with E-state index >= 15 is 0 Å². The largest absolute Gasteiger partial charge is 0.493 e. The number of hydrogen-bond donors (Lipinski definition) is 2. The van der Waals surface area contributed by atoms with Crippen LogP contribution in [-0.2, 0) is 6.54 Å². The Morgan fingerprint density at radius 1 is 1.19 bits per heavy atom. The third kappa shape index (κ3) is 3.45. The van der Waals surface area contributed by atoms with E-state index in [1.165, 1.54) is 0 Å². The topological polar surface area (TPSA) is 99.4 Å². The number of aromatic nitrogens is 2. The molecule has 0 saturated heterocycles. The fraction of sp³-hybridized carbons (Fsp3) is 0.167. The van der Waals surface area contributed by atoms with Crippen molar-refractivity contribution in [1.82, 2.24) is 14.7 Å². The number of rotatable bonds is 6. The number of nitrogen functional groups attached to an aromatic ring is 1. The summed E-state index contributed by atoms with van der Waals surface area (Å²) in [6, 6.07) is 10.9. The smallest absolute Gasteiger partial charge is 0.265 e. The lowest BCUT2D eigenvalue weighted by atomic mass is 10.1. The average Bonchev–Trinajstić information content (AvgIpc) is 3.07. The highest BCUT2D eigenvalue weighted by atomic mass is 32.1. The minimum Gasteiger partial charge on any atom is -0.493 e. The van der Waals surface area contributed by atoms with Crippen LogP contribution in [0.2, 0.25) is 0 Å². The predicted octanol–water partition coefficient (Wildman–Crippen LogP) is 2.73. The molecule has 2 heterocycles. The minimum atomic E-state index is -0.299. The highest BCUT2D eigenvalue weighted by Gasteiger charge is 2.19. The molecule has 0 aliphatic rings. The van der Waals surface area contributed by atoms with Crippen LogP contribution in [0.25, 0.3) is 11.4 Å². The molecule has 3 rings (SSSR count). The number of para-hydroxylation sites is 1. The Morgan fingerprint density at radius 2 is 2.04 bits per heavy atom. The summed E-state index contributed by atoms with van der Waals surface area (Å²) in [5, 5.41) is 2.84. The average molecular weight is 370 g/mol. The first kappa shape index (κ1) is 17.7. The third-order valence-electron chi connectivity index (χ3n) is 3.77. The Labute approximate surface area is 155 Å². The number of nitrogens with zero attached hydrogens (tertiary/aromatic N) is 2. The summed E-state index contributed by atoms with van der Waals surface area (Å²) in [6.45, 7) is 0.273. The molecule has 3 N–H and O–H groups in total. The molecule has 0 atom stereocenters. The molecule has 0 aliphatic heterocycles. The number of nitrogens with one attached hydrogen (secondary N) is 1. The van der Waals surface area contributed by atoms with Crippen LogP contribution in [0.5, 0.6) is 11.5 Å². The van der Waals surface area contributed by atoms with Crippen molar-refractivity contribution in [3.63, 3.8) is 0 Å². The van der Waals surface area contributed by atoms with Crippen LogP contribution in [0.4, 0.5) is 5.69 Å². The Morgan fingerprint density at radius 3 is 2.73 bits per heavy atom. The lowest BCUT2D eigenvalue weighted by molar-refractivity contribution is 0.0955. The first-order valence-corrected chi connectivity index (χ1v) is 8.57. The highest BCUT2D eigenvalue weighted by molar-refractivity contribution is 7.09. The van der Waals surface area contributed by atoms with Gasteiger partial charge in [0.1, 0.15) is 10.6 Å². The standard InChI is InChI=1S/C18H18N4O3S/c1-24-13-8-5-6-11(16(13)25-2)10-21-18(23)17-14(19)15(22-26-17)12-7-3-4-9-20-12/h3-9H,10,19H2,1-2H3,(H,21,23). The molecule has 1 aromatic carbocycles. The predicted molar refractivity (Wildman–Crippen MR) is 100 cm³/mol. The second kappa shape index (κ2) is 7.83. The number of nitrogens with two attached hydrogens (primary N) is 1. The lowest BCUT2D eigenvalue weighted by Crippen LogP contribution is -2.23. The SMILES string of the molecule is COc1cccc(CNC(=O)c2snc(-c3ccccn3)c2N)c1OC. The molecule has 0 radical (unpaired) electrons. The van der Waals surface area contributed by atoms with E-state index in [9.17, 15) is 4.79 Å². The number of methoxy groups -OCH3 is 2. The van der Waals surface area contributed by atoms with Gasteiger partial charge in [-0.1, -0.05) is 18.2 Å². The molecular weight excluding hydrogens is 352 g/mol. The van der Waals surface area contributed by atoms with Gasteiger partial charge in [-0.05, 0) is 29.7 Å². The number of pyridine rings is 1. The summed E-state index contributed by atoms with van der Waals surface area (Å²) in [6.07, 6.45) is 1.66. The summed E-state index contributed by atoms with van der Waals surface area (Å²) >= 11 is 1.05. The van der Waals surface area contributed by atoms with Crippen LogP contribution < -0.4 is 20.5 Å². The molecule has 8 heteroatoms. The van der Waals surface area contributed by atoms with E-state index in [1.54, 1.807) is 38.6 Å². The van der Waals surface area contributed by atoms with Crippen molar-refractivity contribution in [2.75, 3.05) is 20.0 Å². The van der Waals surface area contributed by atoms with Gasteiger partial charge in [-0.15, -0.1) is 0 Å². The van der Waals surface area contributed by atoms with E-state index in [2.05, 4.69) is 14.7 Å². The maximum absolute atomic E-state index is 12.5. The second-order valence-corrected chi connectivity index (χ2v) is 6.10. The maximum atomic E-state index is 12.5. The molecular formula is C18H18N4O3S. The summed E-state index contributed by atoms with van der Waals surface area (Å²) in [5.41, 5.74) is 8.38. The first-order valence-electron chi connectivity index (χ1n) is 7.80. The summed E-state index contributed by atoms with van der Waals surface area (Å²) in [5.74, 6) is 0.891. The molecule has 0 fully saturated rings. The Balaban J connectivity index is 1.77. The quantitative estimate of drug-likeness (QED) is 0.692. The highest BCUT2D eigenvalue weighted by Crippen LogP contribution is 2.31. The van der Waals surface area contributed by atoms with Crippen molar-refractivity contribution in [2.24, 2.45) is 0 Å². The Bertz CT molecular complexity index is 912. The van der Waals surface area contributed by atoms with Crippen molar-refractivity contribution in [3.8, 4) is 22.9 Å². The zero-order chi connectivity index (χ0) is 18.5. The van der Waals surface area contributed by atoms with Gasteiger partial charge in [-0.2, -0.15) is 4.37 Å². The zero-order valence-electron chi connectivity index (χ0n) is 14.4. The number of hydrogen-bond acceptors (Lipinski definition) is 7. The van der Waals surface area contributed by atoms with Gasteiger partial charge in [0.15, 0.2) is 11.5 Å². The molecule has 0 unspecified atom stereocenters. The van der Waals surface area contributed by atoms with E-state index < -0.39 is 0 Å². The summed E-state index contributed by atoms with van der Waals surface area (Å²) in [4.78, 5) is 17.1. The Hall–Kier alpha value is -3.13. The van der Waals surface area contributed by atoms with Gasteiger partial charge in [0.05, 0.1) is 25.6 Å². The van der Waals surface area contributed by atoms with Gasteiger partial charge < -0.3 is 20.5 Å². The fourth-order valence-electron chi connectivity index (χ4n) is 2.50. The van der Waals surface area contributed by atoms with Gasteiger partial charge in [0.25, 0.3) is 5.91 Å². The van der Waals surface area contributed by atoms with Crippen molar-refractivity contribution < 1.29 is 14.3 Å². The van der Waals surface area contributed by atoms with Crippen LogP contribution >= 0.6 is 11.5 Å². The number of anilines is 1. The van der Waals surface area contributed by atoms with Crippen LogP contribution in [0, 0.1) is 0 Å². The van der Waals surface area contributed by atoms with Crippen LogP contribution in [-0.4, -0.2) is 29.5 Å². The van der Waals surface area contributed by atoms with E-state index in [1.807, 2.05) is 18.2 Å². The zero-order valence-corrected chi connectivity index (χ0v) is 15.2. The fourth-order valence-corrected chi connectivity index (χ4v) is 3.22. The van der Waals surface area contributed by atoms with Crippen LogP contribution in [0.1, 0.15) is 15.2 Å². The lowest BCUT2D eigenvalue weighted by Gasteiger charge is -2.13. The minimum absolute atomic E-state index is 0.273. The van der Waals surface area contributed by atoms with Gasteiger partial charge in [-0.25, -0.2) is 0 Å². The van der Waals surface area contributed by atoms with E-state index in [-0.39, 0.29) is 12.5 Å². The molecule has 2 aromatic heterocycles. The molecule has 26 heavy (non-hydrogen) atoms. The third-order valence-corrected chi connectivity index (χ3v) is 4.63. The van der Waals surface area contributed by atoms with Gasteiger partial charge in [0.2, 0.25) is 0 Å². The van der Waals surface area contributed by atoms with Crippen molar-refractivity contribution in [1.29, 1.82) is 0 Å². The number of benzene rings is 1. The molecule has 0 saturated carbocycles. The van der Waals surface area contributed by atoms with Crippen LogP contribution in [0.15, 0.2) is 42.6 Å². The second-order valence-electron chi connectivity index (χ2n) is 5.32. The molecule has 3 aromatic rings. The monoisotopic (exact) mass is 370 g/mol. The molecule has 0 bridgehead atoms. The van der Waals surface area contributed by atoms with E-state index in [4.69, 9.17) is 15.2 Å². The van der Waals surface area contributed by atoms with Gasteiger partial charge >= 0.3 is 0 Å². The summed E-state index contributed by atoms with van der Waals surface area (Å²) in [7, 11) is 3.13. The van der Waals surface area contributed by atoms with E-state index in [0.29, 0.717) is 33.5 Å². The molecule has 0 spiro atoms. The number of carbonyl (C=O) groups excluding carboxylic acids is 1. The number of carbonyl (C=O) groups is 1. The van der Waals surface area contributed by atoms with Crippen molar-refractivity contribution >= 4 is 23.1 Å². The van der Waals surface area contributed by atoms with Crippen molar-refractivity contribution in [2.45, 2.75) is 6.54 Å². The number of amides is 1. The molecule has 0 aliphatic carbocycles. The maximum Gasteiger partial charge on any atom is 0.265 e. The Kier molecular flexibility index (Phi) is 5.33. The van der Waals surface area contributed by atoms with Crippen LogP contribution in [0.3, 0.4) is 0 Å². The van der Waals surface area contributed by atoms with Gasteiger partial charge in [-0.3, -0.25) is 9.78 Å². The van der Waals surface area contributed by atoms with Gasteiger partial charge in [0, 0.05) is 18.3 Å². The molecule has 7 nitrogen and oxygen atoms in total. The number of ether oxygens (including phenoxy) is 2. The summed E-state index contributed by atoms with van der Waals surface area (Å²) < 4.78 is 14.9.